The van der Waals surface area contributed by atoms with Crippen molar-refractivity contribution in [3.05, 3.63) is 35.8 Å². The van der Waals surface area contributed by atoms with Gasteiger partial charge in [-0.25, -0.2) is 9.18 Å². The average Bonchev–Trinajstić information content (AvgIpc) is 3.23. The summed E-state index contributed by atoms with van der Waals surface area (Å²) in [7, 11) is 4.76. The van der Waals surface area contributed by atoms with Crippen LogP contribution in [0.1, 0.15) is 37.9 Å². The fourth-order valence-electron chi connectivity index (χ4n) is 4.13. The largest absolute Gasteiger partial charge is 0.385 e. The lowest BCUT2D eigenvalue weighted by molar-refractivity contribution is -0.0940. The number of nitrogens with zero attached hydrogens (tertiary/aromatic N) is 3. The van der Waals surface area contributed by atoms with Crippen molar-refractivity contribution in [3.8, 4) is 11.3 Å². The molecule has 0 saturated carbocycles. The van der Waals surface area contributed by atoms with Crippen molar-refractivity contribution in [1.29, 1.82) is 0 Å². The van der Waals surface area contributed by atoms with Gasteiger partial charge in [-0.05, 0) is 50.5 Å². The van der Waals surface area contributed by atoms with E-state index in [0.717, 1.165) is 37.1 Å². The molecule has 1 atom stereocenters. The zero-order valence-electron chi connectivity index (χ0n) is 20.5. The number of ether oxygens (including phenoxy) is 3. The van der Waals surface area contributed by atoms with Gasteiger partial charge in [0.15, 0.2) is 6.29 Å². The van der Waals surface area contributed by atoms with Gasteiger partial charge in [0.1, 0.15) is 11.5 Å². The van der Waals surface area contributed by atoms with Crippen LogP contribution in [-0.4, -0.2) is 69.7 Å². The van der Waals surface area contributed by atoms with E-state index >= 15 is 0 Å². The van der Waals surface area contributed by atoms with Gasteiger partial charge < -0.3 is 24.8 Å². The molecule has 1 unspecified atom stereocenters. The number of carbonyl (C=O) groups is 1. The summed E-state index contributed by atoms with van der Waals surface area (Å²) < 4.78 is 31.5. The van der Waals surface area contributed by atoms with Crippen molar-refractivity contribution in [1.82, 2.24) is 20.4 Å². The number of anilines is 1. The Morgan fingerprint density at radius 3 is 2.65 bits per heavy atom. The third kappa shape index (κ3) is 6.32. The number of nitrogens with one attached hydrogen (secondary N) is 2. The minimum absolute atomic E-state index is 0.0293. The SMILES string of the molecule is COCCCCCNC(=O)N(CC(OC)OC)c1c(-c2ccc(F)cc2)nn2c1C(C)NCC2. The zero-order valence-corrected chi connectivity index (χ0v) is 20.5. The van der Waals surface area contributed by atoms with Gasteiger partial charge in [-0.1, -0.05) is 0 Å². The van der Waals surface area contributed by atoms with E-state index in [0.29, 0.717) is 31.1 Å². The lowest BCUT2D eigenvalue weighted by Gasteiger charge is -2.30. The molecule has 0 saturated heterocycles. The summed E-state index contributed by atoms with van der Waals surface area (Å²) in [6, 6.07) is 5.87. The Bertz CT molecular complexity index is 917. The van der Waals surface area contributed by atoms with Crippen LogP contribution in [0.4, 0.5) is 14.9 Å². The summed E-state index contributed by atoms with van der Waals surface area (Å²) in [5, 5.41) is 11.3. The molecule has 188 valence electrons. The minimum atomic E-state index is -0.629. The fourth-order valence-corrected chi connectivity index (χ4v) is 4.13. The third-order valence-electron chi connectivity index (χ3n) is 5.94. The van der Waals surface area contributed by atoms with E-state index in [1.165, 1.54) is 12.1 Å². The van der Waals surface area contributed by atoms with Crippen molar-refractivity contribution < 1.29 is 23.4 Å². The van der Waals surface area contributed by atoms with Gasteiger partial charge in [0, 0.05) is 52.6 Å². The van der Waals surface area contributed by atoms with E-state index in [9.17, 15) is 9.18 Å². The molecule has 1 aliphatic heterocycles. The van der Waals surface area contributed by atoms with Crippen molar-refractivity contribution in [2.75, 3.05) is 52.5 Å². The molecule has 1 aromatic heterocycles. The predicted molar refractivity (Wildman–Crippen MR) is 128 cm³/mol. The van der Waals surface area contributed by atoms with Gasteiger partial charge in [-0.15, -0.1) is 0 Å². The summed E-state index contributed by atoms with van der Waals surface area (Å²) in [5.74, 6) is -0.328. The molecule has 0 spiro atoms. The van der Waals surface area contributed by atoms with Gasteiger partial charge in [-0.3, -0.25) is 9.58 Å². The maximum atomic E-state index is 13.6. The summed E-state index contributed by atoms with van der Waals surface area (Å²) in [5.41, 5.74) is 2.91. The second kappa shape index (κ2) is 12.8. The molecule has 9 nitrogen and oxygen atoms in total. The van der Waals surface area contributed by atoms with Crippen LogP contribution in [0.2, 0.25) is 0 Å². The maximum absolute atomic E-state index is 13.6. The van der Waals surface area contributed by atoms with Gasteiger partial charge >= 0.3 is 6.03 Å². The highest BCUT2D eigenvalue weighted by Gasteiger charge is 2.33. The van der Waals surface area contributed by atoms with Crippen molar-refractivity contribution in [3.63, 3.8) is 0 Å². The Morgan fingerprint density at radius 2 is 1.97 bits per heavy atom. The Morgan fingerprint density at radius 1 is 1.24 bits per heavy atom. The number of methoxy groups -OCH3 is 3. The first-order chi connectivity index (χ1) is 16.5. The Balaban J connectivity index is 1.97. The first-order valence-corrected chi connectivity index (χ1v) is 11.7. The number of rotatable bonds is 12. The number of halogens is 1. The first-order valence-electron chi connectivity index (χ1n) is 11.7. The molecule has 2 amide bonds. The summed E-state index contributed by atoms with van der Waals surface area (Å²) in [6.45, 7) is 4.89. The topological polar surface area (TPSA) is 89.9 Å². The number of hydrogen-bond donors (Lipinski definition) is 2. The zero-order chi connectivity index (χ0) is 24.5. The number of benzene rings is 1. The number of carbonyl (C=O) groups excluding carboxylic acids is 1. The normalized spacial score (nSPS) is 15.4. The molecule has 2 heterocycles. The van der Waals surface area contributed by atoms with Gasteiger partial charge in [0.05, 0.1) is 24.5 Å². The van der Waals surface area contributed by atoms with Gasteiger partial charge in [-0.2, -0.15) is 5.10 Å². The molecule has 2 N–H and O–H groups in total. The van der Waals surface area contributed by atoms with E-state index in [4.69, 9.17) is 19.3 Å². The van der Waals surface area contributed by atoms with Crippen LogP contribution in [0.3, 0.4) is 0 Å². The number of unbranched alkanes of at least 4 members (excludes halogenated alkanes) is 2. The molecule has 0 fully saturated rings. The lowest BCUT2D eigenvalue weighted by Crippen LogP contribution is -2.46. The Labute approximate surface area is 200 Å². The fraction of sp³-hybridized carbons (Fsp3) is 0.583. The van der Waals surface area contributed by atoms with Gasteiger partial charge in [0.2, 0.25) is 0 Å². The molecule has 1 aliphatic rings. The summed E-state index contributed by atoms with van der Waals surface area (Å²) >= 11 is 0. The molecule has 2 aromatic rings. The quantitative estimate of drug-likeness (QED) is 0.360. The smallest absolute Gasteiger partial charge is 0.322 e. The molecule has 0 bridgehead atoms. The number of amides is 2. The van der Waals surface area contributed by atoms with Crippen LogP contribution in [0.15, 0.2) is 24.3 Å². The Hall–Kier alpha value is -2.53. The highest BCUT2D eigenvalue weighted by atomic mass is 19.1. The molecule has 3 rings (SSSR count). The van der Waals surface area contributed by atoms with Crippen LogP contribution in [0.5, 0.6) is 0 Å². The second-order valence-corrected chi connectivity index (χ2v) is 8.29. The van der Waals surface area contributed by atoms with Crippen LogP contribution < -0.4 is 15.5 Å². The number of urea groups is 1. The van der Waals surface area contributed by atoms with Crippen LogP contribution >= 0.6 is 0 Å². The molecule has 0 radical (unpaired) electrons. The van der Waals surface area contributed by atoms with E-state index in [-0.39, 0.29) is 24.4 Å². The molecular weight excluding hydrogens is 441 g/mol. The maximum Gasteiger partial charge on any atom is 0.322 e. The predicted octanol–water partition coefficient (Wildman–Crippen LogP) is 3.31. The van der Waals surface area contributed by atoms with E-state index < -0.39 is 6.29 Å². The second-order valence-electron chi connectivity index (χ2n) is 8.29. The molecule has 1 aromatic carbocycles. The highest BCUT2D eigenvalue weighted by Crippen LogP contribution is 2.38. The van der Waals surface area contributed by atoms with Crippen molar-refractivity contribution in [2.45, 2.75) is 45.1 Å². The van der Waals surface area contributed by atoms with Crippen LogP contribution in [0.25, 0.3) is 11.3 Å². The number of hydrogen-bond acceptors (Lipinski definition) is 6. The number of fused-ring (bicyclic) bond motifs is 1. The van der Waals surface area contributed by atoms with E-state index in [2.05, 4.69) is 10.6 Å². The summed E-state index contributed by atoms with van der Waals surface area (Å²) in [4.78, 5) is 15.1. The molecule has 10 heteroatoms. The first kappa shape index (κ1) is 26.1. The molecular formula is C24H36FN5O4. The monoisotopic (exact) mass is 477 g/mol. The van der Waals surface area contributed by atoms with Crippen LogP contribution in [0, 0.1) is 5.82 Å². The lowest BCUT2D eigenvalue weighted by atomic mass is 10.1. The van der Waals surface area contributed by atoms with Crippen LogP contribution in [-0.2, 0) is 20.8 Å². The molecule has 0 aliphatic carbocycles. The number of aromatic nitrogens is 2. The standard InChI is InChI=1S/C24H36FN5O4/c1-17-22-23(21(28-30(22)14-13-26-17)18-8-10-19(25)11-9-18)29(16-20(33-3)34-4)24(31)27-12-6-5-7-15-32-2/h8-11,17,20,26H,5-7,12-16H2,1-4H3,(H,27,31). The molecule has 34 heavy (non-hydrogen) atoms. The van der Waals surface area contributed by atoms with Crippen molar-refractivity contribution in [2.24, 2.45) is 0 Å². The van der Waals surface area contributed by atoms with Crippen molar-refractivity contribution >= 4 is 11.7 Å². The average molecular weight is 478 g/mol. The van der Waals surface area contributed by atoms with Gasteiger partial charge in [0.25, 0.3) is 0 Å². The third-order valence-corrected chi connectivity index (χ3v) is 5.94. The highest BCUT2D eigenvalue weighted by molar-refractivity contribution is 5.97. The van der Waals surface area contributed by atoms with E-state index in [1.54, 1.807) is 38.4 Å². The summed E-state index contributed by atoms with van der Waals surface area (Å²) in [6.07, 6.45) is 2.12. The minimum Gasteiger partial charge on any atom is -0.385 e. The Kier molecular flexibility index (Phi) is 9.82. The van der Waals surface area contributed by atoms with E-state index in [1.807, 2.05) is 11.6 Å².